The van der Waals surface area contributed by atoms with Gasteiger partial charge in [-0.1, -0.05) is 0 Å². The predicted molar refractivity (Wildman–Crippen MR) is 50.7 cm³/mol. The lowest BCUT2D eigenvalue weighted by Gasteiger charge is -2.05. The van der Waals surface area contributed by atoms with Gasteiger partial charge >= 0.3 is 6.18 Å². The van der Waals surface area contributed by atoms with E-state index < -0.39 is 12.6 Å². The van der Waals surface area contributed by atoms with Crippen LogP contribution < -0.4 is 5.32 Å². The Morgan fingerprint density at radius 2 is 2.19 bits per heavy atom. The molecule has 90 valence electrons. The molecule has 1 N–H and O–H groups in total. The Labute approximate surface area is 91.0 Å². The van der Waals surface area contributed by atoms with Crippen LogP contribution in [0.15, 0.2) is 10.8 Å². The van der Waals surface area contributed by atoms with Gasteiger partial charge in [-0.05, 0) is 12.8 Å². The van der Waals surface area contributed by atoms with Crippen molar-refractivity contribution in [2.45, 2.75) is 44.4 Å². The summed E-state index contributed by atoms with van der Waals surface area (Å²) >= 11 is 0. The molecule has 0 bridgehead atoms. The highest BCUT2D eigenvalue weighted by Gasteiger charge is 2.28. The molecule has 0 radical (unpaired) electrons. The summed E-state index contributed by atoms with van der Waals surface area (Å²) in [6.07, 6.45) is -1.67. The van der Waals surface area contributed by atoms with E-state index in [1.165, 1.54) is 6.39 Å². The largest absolute Gasteiger partial charge is 0.448 e. The third-order valence-electron chi connectivity index (χ3n) is 2.50. The van der Waals surface area contributed by atoms with Crippen molar-refractivity contribution in [2.75, 3.05) is 0 Å². The molecular formula is C10H13F3N2O. The first-order chi connectivity index (χ1) is 7.54. The molecule has 2 rings (SSSR count). The van der Waals surface area contributed by atoms with Crippen LogP contribution in [0.3, 0.4) is 0 Å². The van der Waals surface area contributed by atoms with Gasteiger partial charge in [0.05, 0.1) is 12.1 Å². The summed E-state index contributed by atoms with van der Waals surface area (Å²) in [5.74, 6) is 0.338. The average Bonchev–Trinajstić information content (AvgIpc) is 2.90. The van der Waals surface area contributed by atoms with E-state index >= 15 is 0 Å². The lowest BCUT2D eigenvalue weighted by atomic mass is 10.2. The molecule has 0 amide bonds. The lowest BCUT2D eigenvalue weighted by molar-refractivity contribution is -0.134. The molecule has 3 nitrogen and oxygen atoms in total. The maximum absolute atomic E-state index is 12.0. The molecule has 1 aromatic rings. The number of aryl methyl sites for hydroxylation is 1. The van der Waals surface area contributed by atoms with Crippen molar-refractivity contribution in [2.24, 2.45) is 0 Å². The number of hydrogen-bond acceptors (Lipinski definition) is 3. The molecule has 16 heavy (non-hydrogen) atoms. The normalized spacial score (nSPS) is 16.7. The molecule has 1 aliphatic carbocycles. The van der Waals surface area contributed by atoms with Crippen LogP contribution in [-0.4, -0.2) is 17.2 Å². The molecule has 1 saturated carbocycles. The Hall–Kier alpha value is -1.04. The standard InChI is InChI=1S/C10H13F3N2O/c11-10(12,13)4-3-9-8(15-6-16-9)5-14-7-1-2-7/h6-7,14H,1-5H2. The van der Waals surface area contributed by atoms with Crippen molar-refractivity contribution in [1.29, 1.82) is 0 Å². The minimum absolute atomic E-state index is 0.134. The number of alkyl halides is 3. The maximum Gasteiger partial charge on any atom is 0.389 e. The van der Waals surface area contributed by atoms with E-state index in [0.717, 1.165) is 12.8 Å². The highest BCUT2D eigenvalue weighted by Crippen LogP contribution is 2.24. The van der Waals surface area contributed by atoms with E-state index in [1.807, 2.05) is 0 Å². The molecule has 1 fully saturated rings. The van der Waals surface area contributed by atoms with Crippen LogP contribution in [0.2, 0.25) is 0 Å². The second-order valence-electron chi connectivity index (χ2n) is 3.99. The lowest BCUT2D eigenvalue weighted by Crippen LogP contribution is -2.17. The van der Waals surface area contributed by atoms with Crippen LogP contribution in [0.25, 0.3) is 0 Å². The SMILES string of the molecule is FC(F)(F)CCc1ocnc1CNC1CC1. The molecule has 1 aliphatic rings. The van der Waals surface area contributed by atoms with Gasteiger partial charge in [0.25, 0.3) is 0 Å². The van der Waals surface area contributed by atoms with E-state index in [4.69, 9.17) is 4.42 Å². The zero-order chi connectivity index (χ0) is 11.6. The highest BCUT2D eigenvalue weighted by molar-refractivity contribution is 5.08. The molecule has 0 aliphatic heterocycles. The first kappa shape index (κ1) is 11.4. The summed E-state index contributed by atoms with van der Waals surface area (Å²) in [7, 11) is 0. The third kappa shape index (κ3) is 3.52. The van der Waals surface area contributed by atoms with Gasteiger partial charge in [0.2, 0.25) is 0 Å². The van der Waals surface area contributed by atoms with Gasteiger partial charge in [-0.2, -0.15) is 13.2 Å². The van der Waals surface area contributed by atoms with E-state index in [2.05, 4.69) is 10.3 Å². The van der Waals surface area contributed by atoms with Crippen molar-refractivity contribution >= 4 is 0 Å². The third-order valence-corrected chi connectivity index (χ3v) is 2.50. The Bertz CT molecular complexity index is 344. The molecular weight excluding hydrogens is 221 g/mol. The molecule has 0 aromatic carbocycles. The van der Waals surface area contributed by atoms with Crippen molar-refractivity contribution in [3.63, 3.8) is 0 Å². The van der Waals surface area contributed by atoms with Crippen LogP contribution in [0.1, 0.15) is 30.7 Å². The van der Waals surface area contributed by atoms with Crippen LogP contribution in [-0.2, 0) is 13.0 Å². The first-order valence-corrected chi connectivity index (χ1v) is 5.26. The van der Waals surface area contributed by atoms with E-state index in [1.54, 1.807) is 0 Å². The minimum Gasteiger partial charge on any atom is -0.448 e. The first-order valence-electron chi connectivity index (χ1n) is 5.26. The molecule has 0 unspecified atom stereocenters. The number of halogens is 3. The second kappa shape index (κ2) is 4.45. The fraction of sp³-hybridized carbons (Fsp3) is 0.700. The van der Waals surface area contributed by atoms with Crippen LogP contribution in [0.5, 0.6) is 0 Å². The summed E-state index contributed by atoms with van der Waals surface area (Å²) < 4.78 is 41.0. The number of hydrogen-bond donors (Lipinski definition) is 1. The zero-order valence-electron chi connectivity index (χ0n) is 8.68. The molecule has 1 heterocycles. The number of nitrogens with zero attached hydrogens (tertiary/aromatic N) is 1. The van der Waals surface area contributed by atoms with Crippen molar-refractivity contribution in [3.05, 3.63) is 17.8 Å². The van der Waals surface area contributed by atoms with E-state index in [0.29, 0.717) is 24.0 Å². The quantitative estimate of drug-likeness (QED) is 0.850. The average molecular weight is 234 g/mol. The van der Waals surface area contributed by atoms with Crippen molar-refractivity contribution in [1.82, 2.24) is 10.3 Å². The molecule has 0 saturated heterocycles. The highest BCUT2D eigenvalue weighted by atomic mass is 19.4. The maximum atomic E-state index is 12.0. The van der Waals surface area contributed by atoms with Crippen LogP contribution in [0.4, 0.5) is 13.2 Å². The number of rotatable bonds is 5. The van der Waals surface area contributed by atoms with Crippen molar-refractivity contribution < 1.29 is 17.6 Å². The Balaban J connectivity index is 1.85. The number of nitrogens with one attached hydrogen (secondary N) is 1. The summed E-state index contributed by atoms with van der Waals surface area (Å²) in [6.45, 7) is 0.494. The van der Waals surface area contributed by atoms with Gasteiger partial charge in [-0.15, -0.1) is 0 Å². The van der Waals surface area contributed by atoms with Gasteiger partial charge in [-0.25, -0.2) is 4.98 Å². The Kier molecular flexibility index (Phi) is 3.18. The Morgan fingerprint density at radius 3 is 2.81 bits per heavy atom. The van der Waals surface area contributed by atoms with Gasteiger partial charge in [0.1, 0.15) is 5.76 Å². The van der Waals surface area contributed by atoms with Gasteiger partial charge in [-0.3, -0.25) is 0 Å². The zero-order valence-corrected chi connectivity index (χ0v) is 8.68. The minimum atomic E-state index is -4.14. The number of oxazole rings is 1. The van der Waals surface area contributed by atoms with Gasteiger partial charge in [0, 0.05) is 19.0 Å². The monoisotopic (exact) mass is 234 g/mol. The summed E-state index contributed by atoms with van der Waals surface area (Å²) in [6, 6.07) is 0.507. The second-order valence-corrected chi connectivity index (χ2v) is 3.99. The fourth-order valence-electron chi connectivity index (χ4n) is 1.42. The summed E-state index contributed by atoms with van der Waals surface area (Å²) in [4.78, 5) is 3.92. The van der Waals surface area contributed by atoms with Crippen LogP contribution >= 0.6 is 0 Å². The van der Waals surface area contributed by atoms with Crippen molar-refractivity contribution in [3.8, 4) is 0 Å². The van der Waals surface area contributed by atoms with E-state index in [-0.39, 0.29) is 6.42 Å². The van der Waals surface area contributed by atoms with Gasteiger partial charge < -0.3 is 9.73 Å². The molecule has 1 aromatic heterocycles. The summed E-state index contributed by atoms with van der Waals surface area (Å²) in [5.41, 5.74) is 0.594. The van der Waals surface area contributed by atoms with Crippen LogP contribution in [0, 0.1) is 0 Å². The molecule has 0 atom stereocenters. The topological polar surface area (TPSA) is 38.1 Å². The molecule has 0 spiro atoms. The molecule has 6 heteroatoms. The van der Waals surface area contributed by atoms with E-state index in [9.17, 15) is 13.2 Å². The van der Waals surface area contributed by atoms with Gasteiger partial charge in [0.15, 0.2) is 6.39 Å². The number of aromatic nitrogens is 1. The summed E-state index contributed by atoms with van der Waals surface area (Å²) in [5, 5.41) is 3.19. The smallest absolute Gasteiger partial charge is 0.389 e. The fourth-order valence-corrected chi connectivity index (χ4v) is 1.42. The Morgan fingerprint density at radius 1 is 1.44 bits per heavy atom. The predicted octanol–water partition coefficient (Wildman–Crippen LogP) is 2.42.